The minimum atomic E-state index is -3.09. The van der Waals surface area contributed by atoms with Gasteiger partial charge in [0.2, 0.25) is 0 Å². The van der Waals surface area contributed by atoms with Crippen LogP contribution in [-0.2, 0) is 9.84 Å². The molecular weight excluding hydrogens is 253 g/mol. The second kappa shape index (κ2) is 6.29. The van der Waals surface area contributed by atoms with Crippen LogP contribution in [-0.4, -0.2) is 27.0 Å². The largest absolute Gasteiger partial charge is 0.309 e. The second-order valence-electron chi connectivity index (χ2n) is 4.60. The van der Waals surface area contributed by atoms with Gasteiger partial charge in [-0.05, 0) is 43.1 Å². The predicted molar refractivity (Wildman–Crippen MR) is 71.9 cm³/mol. The van der Waals surface area contributed by atoms with Gasteiger partial charge in [-0.15, -0.1) is 0 Å². The number of aryl methyl sites for hydroxylation is 1. The van der Waals surface area contributed by atoms with E-state index in [4.69, 9.17) is 0 Å². The summed E-state index contributed by atoms with van der Waals surface area (Å²) in [7, 11) is -3.09. The van der Waals surface area contributed by atoms with Crippen LogP contribution in [0.4, 0.5) is 4.39 Å². The smallest absolute Gasteiger partial charge is 0.149 e. The summed E-state index contributed by atoms with van der Waals surface area (Å²) < 4.78 is 35.9. The van der Waals surface area contributed by atoms with Gasteiger partial charge in [-0.25, -0.2) is 12.8 Å². The molecule has 0 spiro atoms. The van der Waals surface area contributed by atoms with Crippen molar-refractivity contribution in [3.63, 3.8) is 0 Å². The molecule has 0 saturated carbocycles. The van der Waals surface area contributed by atoms with Crippen LogP contribution in [0.15, 0.2) is 18.2 Å². The highest BCUT2D eigenvalue weighted by Gasteiger charge is 2.18. The highest BCUT2D eigenvalue weighted by molar-refractivity contribution is 7.90. The van der Waals surface area contributed by atoms with E-state index in [1.165, 1.54) is 18.4 Å². The Kier molecular flexibility index (Phi) is 5.28. The first-order chi connectivity index (χ1) is 8.33. The fourth-order valence-electron chi connectivity index (χ4n) is 1.91. The Bertz CT molecular complexity index is 500. The number of halogens is 1. The maximum Gasteiger partial charge on any atom is 0.149 e. The predicted octanol–water partition coefficient (Wildman–Crippen LogP) is 2.22. The average molecular weight is 273 g/mol. The normalized spacial score (nSPS) is 13.6. The van der Waals surface area contributed by atoms with E-state index in [-0.39, 0.29) is 17.6 Å². The van der Waals surface area contributed by atoms with Gasteiger partial charge in [0, 0.05) is 12.3 Å². The number of nitrogens with one attached hydrogen (secondary N) is 1. The van der Waals surface area contributed by atoms with Crippen LogP contribution in [0.25, 0.3) is 0 Å². The van der Waals surface area contributed by atoms with Gasteiger partial charge in [0.15, 0.2) is 0 Å². The third-order valence-corrected chi connectivity index (χ3v) is 3.66. The molecule has 1 aromatic rings. The molecule has 0 aliphatic rings. The van der Waals surface area contributed by atoms with Crippen LogP contribution in [0, 0.1) is 12.7 Å². The molecule has 0 aliphatic carbocycles. The van der Waals surface area contributed by atoms with Gasteiger partial charge in [-0.1, -0.05) is 13.0 Å². The lowest BCUT2D eigenvalue weighted by molar-refractivity contribution is 0.546. The van der Waals surface area contributed by atoms with Gasteiger partial charge in [0.1, 0.15) is 15.7 Å². The van der Waals surface area contributed by atoms with Gasteiger partial charge in [0.25, 0.3) is 0 Å². The molecule has 0 radical (unpaired) electrons. The van der Waals surface area contributed by atoms with E-state index < -0.39 is 9.84 Å². The SMILES string of the molecule is CCCNC(CS(C)(=O)=O)c1ccc(F)cc1C. The maximum absolute atomic E-state index is 13.1. The van der Waals surface area contributed by atoms with Crippen molar-refractivity contribution in [1.29, 1.82) is 0 Å². The first kappa shape index (κ1) is 15.1. The van der Waals surface area contributed by atoms with Crippen molar-refractivity contribution < 1.29 is 12.8 Å². The summed E-state index contributed by atoms with van der Waals surface area (Å²) in [5, 5.41) is 3.20. The third kappa shape index (κ3) is 4.74. The highest BCUT2D eigenvalue weighted by atomic mass is 32.2. The molecule has 1 unspecified atom stereocenters. The van der Waals surface area contributed by atoms with E-state index in [1.54, 1.807) is 13.0 Å². The average Bonchev–Trinajstić information content (AvgIpc) is 2.23. The molecule has 102 valence electrons. The molecular formula is C13H20FNO2S. The summed E-state index contributed by atoms with van der Waals surface area (Å²) in [6.45, 7) is 4.54. The van der Waals surface area contributed by atoms with E-state index in [0.29, 0.717) is 0 Å². The summed E-state index contributed by atoms with van der Waals surface area (Å²) in [5.41, 5.74) is 1.61. The summed E-state index contributed by atoms with van der Waals surface area (Å²) in [5.74, 6) is -0.274. The van der Waals surface area contributed by atoms with E-state index >= 15 is 0 Å². The van der Waals surface area contributed by atoms with E-state index in [0.717, 1.165) is 24.1 Å². The minimum absolute atomic E-state index is 0.0273. The quantitative estimate of drug-likeness (QED) is 0.864. The van der Waals surface area contributed by atoms with Crippen LogP contribution in [0.1, 0.15) is 30.5 Å². The lowest BCUT2D eigenvalue weighted by atomic mass is 10.0. The summed E-state index contributed by atoms with van der Waals surface area (Å²) in [4.78, 5) is 0. The summed E-state index contributed by atoms with van der Waals surface area (Å²) >= 11 is 0. The zero-order chi connectivity index (χ0) is 13.8. The molecule has 0 aromatic heterocycles. The Morgan fingerprint density at radius 2 is 2.06 bits per heavy atom. The Morgan fingerprint density at radius 3 is 2.56 bits per heavy atom. The minimum Gasteiger partial charge on any atom is -0.309 e. The highest BCUT2D eigenvalue weighted by Crippen LogP contribution is 2.20. The number of benzene rings is 1. The first-order valence-corrected chi connectivity index (χ1v) is 8.06. The van der Waals surface area contributed by atoms with Gasteiger partial charge >= 0.3 is 0 Å². The summed E-state index contributed by atoms with van der Waals surface area (Å²) in [6, 6.07) is 4.17. The second-order valence-corrected chi connectivity index (χ2v) is 6.78. The molecule has 1 aromatic carbocycles. The fraction of sp³-hybridized carbons (Fsp3) is 0.538. The molecule has 0 bridgehead atoms. The Hall–Kier alpha value is -0.940. The molecule has 1 atom stereocenters. The van der Waals surface area contributed by atoms with Crippen molar-refractivity contribution in [3.8, 4) is 0 Å². The van der Waals surface area contributed by atoms with Crippen molar-refractivity contribution in [2.75, 3.05) is 18.6 Å². The van der Waals surface area contributed by atoms with Crippen LogP contribution in [0.5, 0.6) is 0 Å². The van der Waals surface area contributed by atoms with E-state index in [2.05, 4.69) is 5.32 Å². The lowest BCUT2D eigenvalue weighted by Gasteiger charge is -2.20. The van der Waals surface area contributed by atoms with Gasteiger partial charge < -0.3 is 5.32 Å². The number of hydrogen-bond donors (Lipinski definition) is 1. The van der Waals surface area contributed by atoms with Crippen molar-refractivity contribution in [2.45, 2.75) is 26.3 Å². The molecule has 0 saturated heterocycles. The lowest BCUT2D eigenvalue weighted by Crippen LogP contribution is -2.29. The van der Waals surface area contributed by atoms with Crippen LogP contribution < -0.4 is 5.32 Å². The molecule has 0 fully saturated rings. The van der Waals surface area contributed by atoms with Crippen LogP contribution in [0.2, 0.25) is 0 Å². The molecule has 0 heterocycles. The van der Waals surface area contributed by atoms with Crippen LogP contribution in [0.3, 0.4) is 0 Å². The van der Waals surface area contributed by atoms with E-state index in [1.807, 2.05) is 6.92 Å². The van der Waals surface area contributed by atoms with E-state index in [9.17, 15) is 12.8 Å². The molecule has 1 rings (SSSR count). The van der Waals surface area contributed by atoms with Crippen molar-refractivity contribution in [3.05, 3.63) is 35.1 Å². The van der Waals surface area contributed by atoms with Crippen molar-refractivity contribution >= 4 is 9.84 Å². The molecule has 0 amide bonds. The molecule has 0 aliphatic heterocycles. The van der Waals surface area contributed by atoms with Gasteiger partial charge in [-0.2, -0.15) is 0 Å². The zero-order valence-electron chi connectivity index (χ0n) is 11.0. The van der Waals surface area contributed by atoms with Gasteiger partial charge in [-0.3, -0.25) is 0 Å². The van der Waals surface area contributed by atoms with Crippen molar-refractivity contribution in [2.24, 2.45) is 0 Å². The third-order valence-electron chi connectivity index (χ3n) is 2.72. The molecule has 18 heavy (non-hydrogen) atoms. The zero-order valence-corrected chi connectivity index (χ0v) is 11.8. The number of hydrogen-bond acceptors (Lipinski definition) is 3. The molecule has 5 heteroatoms. The van der Waals surface area contributed by atoms with Crippen molar-refractivity contribution in [1.82, 2.24) is 5.32 Å². The topological polar surface area (TPSA) is 46.2 Å². The molecule has 3 nitrogen and oxygen atoms in total. The first-order valence-electron chi connectivity index (χ1n) is 6.00. The van der Waals surface area contributed by atoms with Gasteiger partial charge in [0.05, 0.1) is 5.75 Å². The number of rotatable bonds is 6. The summed E-state index contributed by atoms with van der Waals surface area (Å²) in [6.07, 6.45) is 2.13. The Balaban J connectivity index is 3.01. The molecule has 1 N–H and O–H groups in total. The standard InChI is InChI=1S/C13H20FNO2S/c1-4-7-15-13(9-18(3,16)17)12-6-5-11(14)8-10(12)2/h5-6,8,13,15H,4,7,9H2,1-3H3. The van der Waals surface area contributed by atoms with Crippen LogP contribution >= 0.6 is 0 Å². The Labute approximate surface area is 108 Å². The number of sulfone groups is 1. The monoisotopic (exact) mass is 273 g/mol. The fourth-order valence-corrected chi connectivity index (χ4v) is 2.81. The maximum atomic E-state index is 13.1. The Morgan fingerprint density at radius 1 is 1.39 bits per heavy atom.